The van der Waals surface area contributed by atoms with Crippen LogP contribution >= 0.6 is 11.3 Å². The van der Waals surface area contributed by atoms with Gasteiger partial charge in [-0.1, -0.05) is 41.7 Å². The molecule has 174 valence electrons. The first-order valence-corrected chi connectivity index (χ1v) is 13.6. The number of halogens is 1. The molecule has 34 heavy (non-hydrogen) atoms. The molecule has 1 N–H and O–H groups in total. The van der Waals surface area contributed by atoms with Crippen LogP contribution in [0.25, 0.3) is 21.0 Å². The SMILES string of the molecule is O=C(Nc1nc2c(cc3c4c(cccc42)CC3)s1)C1CCN(S(=O)(=O)c2ccccc2F)CC1. The Morgan fingerprint density at radius 3 is 2.62 bits per heavy atom. The van der Waals surface area contributed by atoms with Crippen LogP contribution in [0.5, 0.6) is 0 Å². The van der Waals surface area contributed by atoms with E-state index < -0.39 is 15.8 Å². The summed E-state index contributed by atoms with van der Waals surface area (Å²) in [5.74, 6) is -1.24. The zero-order valence-electron chi connectivity index (χ0n) is 18.3. The lowest BCUT2D eigenvalue weighted by Crippen LogP contribution is -2.41. The van der Waals surface area contributed by atoms with Gasteiger partial charge in [0.1, 0.15) is 10.7 Å². The molecule has 0 radical (unpaired) electrons. The molecule has 4 aromatic rings. The number of nitrogens with zero attached hydrogens (tertiary/aromatic N) is 2. The van der Waals surface area contributed by atoms with Crippen molar-refractivity contribution in [1.29, 1.82) is 0 Å². The van der Waals surface area contributed by atoms with Gasteiger partial charge in [0, 0.05) is 24.4 Å². The number of carbonyl (C=O) groups is 1. The summed E-state index contributed by atoms with van der Waals surface area (Å²) in [7, 11) is -3.92. The molecular formula is C25H22FN3O3S2. The number of nitrogens with one attached hydrogen (secondary N) is 1. The van der Waals surface area contributed by atoms with Gasteiger partial charge in [-0.25, -0.2) is 17.8 Å². The molecule has 9 heteroatoms. The van der Waals surface area contributed by atoms with Crippen molar-refractivity contribution in [2.75, 3.05) is 18.4 Å². The van der Waals surface area contributed by atoms with Crippen LogP contribution in [0.4, 0.5) is 9.52 Å². The number of carbonyl (C=O) groups excluding carboxylic acids is 1. The van der Waals surface area contributed by atoms with Crippen LogP contribution in [0.1, 0.15) is 24.0 Å². The van der Waals surface area contributed by atoms with Crippen molar-refractivity contribution >= 4 is 53.4 Å². The van der Waals surface area contributed by atoms with E-state index in [-0.39, 0.29) is 29.8 Å². The third-order valence-corrected chi connectivity index (χ3v) is 9.71. The predicted molar refractivity (Wildman–Crippen MR) is 131 cm³/mol. The van der Waals surface area contributed by atoms with Crippen molar-refractivity contribution in [2.24, 2.45) is 5.92 Å². The summed E-state index contributed by atoms with van der Waals surface area (Å²) in [6.45, 7) is 0.344. The third kappa shape index (κ3) is 3.50. The summed E-state index contributed by atoms with van der Waals surface area (Å²) in [6, 6.07) is 13.9. The average molecular weight is 496 g/mol. The summed E-state index contributed by atoms with van der Waals surface area (Å²) < 4.78 is 42.0. The molecular weight excluding hydrogens is 473 g/mol. The highest BCUT2D eigenvalue weighted by Crippen LogP contribution is 2.39. The summed E-state index contributed by atoms with van der Waals surface area (Å²) in [5, 5.41) is 5.94. The zero-order valence-corrected chi connectivity index (χ0v) is 19.9. The number of sulfonamides is 1. The summed E-state index contributed by atoms with van der Waals surface area (Å²) in [5.41, 5.74) is 3.60. The molecule has 1 saturated heterocycles. The highest BCUT2D eigenvalue weighted by molar-refractivity contribution is 7.89. The number of aromatic nitrogens is 1. The topological polar surface area (TPSA) is 79.4 Å². The minimum Gasteiger partial charge on any atom is -0.302 e. The van der Waals surface area contributed by atoms with E-state index in [9.17, 15) is 17.6 Å². The fourth-order valence-corrected chi connectivity index (χ4v) is 7.60. The molecule has 6 nitrogen and oxygen atoms in total. The maximum Gasteiger partial charge on any atom is 0.245 e. The van der Waals surface area contributed by atoms with Gasteiger partial charge in [-0.2, -0.15) is 4.31 Å². The molecule has 2 heterocycles. The van der Waals surface area contributed by atoms with Gasteiger partial charge in [0.15, 0.2) is 5.13 Å². The second kappa shape index (κ2) is 8.11. The number of amides is 1. The molecule has 0 spiro atoms. The van der Waals surface area contributed by atoms with Crippen molar-refractivity contribution in [3.63, 3.8) is 0 Å². The summed E-state index contributed by atoms with van der Waals surface area (Å²) in [4.78, 5) is 17.4. The van der Waals surface area contributed by atoms with Gasteiger partial charge < -0.3 is 5.32 Å². The summed E-state index contributed by atoms with van der Waals surface area (Å²) >= 11 is 1.47. The number of aryl methyl sites for hydroxylation is 2. The lowest BCUT2D eigenvalue weighted by Gasteiger charge is -2.30. The van der Waals surface area contributed by atoms with Crippen LogP contribution < -0.4 is 5.32 Å². The van der Waals surface area contributed by atoms with Crippen LogP contribution in [0.2, 0.25) is 0 Å². The standard InChI is InChI=1S/C25H22FN3O3S2/c26-19-6-1-2-7-21(19)34(31,32)29-12-10-16(11-13-29)24(30)28-25-27-23-18-5-3-4-15-8-9-17(22(15)18)14-20(23)33-25/h1-7,14,16H,8-13H2,(H,27,28,30). The molecule has 0 unspecified atom stereocenters. The highest BCUT2D eigenvalue weighted by atomic mass is 32.2. The van der Waals surface area contributed by atoms with Gasteiger partial charge in [0.2, 0.25) is 15.9 Å². The van der Waals surface area contributed by atoms with E-state index in [0.717, 1.165) is 34.5 Å². The maximum absolute atomic E-state index is 14.0. The molecule has 0 bridgehead atoms. The van der Waals surface area contributed by atoms with Crippen LogP contribution in [0.15, 0.2) is 53.4 Å². The lowest BCUT2D eigenvalue weighted by molar-refractivity contribution is -0.120. The van der Waals surface area contributed by atoms with Crippen molar-refractivity contribution in [2.45, 2.75) is 30.6 Å². The van der Waals surface area contributed by atoms with Crippen LogP contribution in [0.3, 0.4) is 0 Å². The van der Waals surface area contributed by atoms with Crippen LogP contribution in [-0.2, 0) is 27.7 Å². The Morgan fingerprint density at radius 2 is 1.82 bits per heavy atom. The second-order valence-electron chi connectivity index (χ2n) is 8.84. The number of benzene rings is 3. The number of rotatable bonds is 4. The van der Waals surface area contributed by atoms with Gasteiger partial charge in [-0.05, 0) is 60.4 Å². The zero-order chi connectivity index (χ0) is 23.4. The van der Waals surface area contributed by atoms with Crippen LogP contribution in [-0.4, -0.2) is 36.7 Å². The molecule has 2 aliphatic rings. The predicted octanol–water partition coefficient (Wildman–Crippen LogP) is 4.73. The second-order valence-corrected chi connectivity index (χ2v) is 11.8. The van der Waals surface area contributed by atoms with Crippen molar-refractivity contribution < 1.29 is 17.6 Å². The molecule has 6 rings (SSSR count). The molecule has 0 atom stereocenters. The smallest absolute Gasteiger partial charge is 0.245 e. The van der Waals surface area contributed by atoms with Gasteiger partial charge in [0.25, 0.3) is 0 Å². The molecule has 1 amide bonds. The van der Waals surface area contributed by atoms with Gasteiger partial charge >= 0.3 is 0 Å². The molecule has 1 aliphatic carbocycles. The Balaban J connectivity index is 1.18. The number of anilines is 1. The number of piperidine rings is 1. The Kier molecular flexibility index (Phi) is 5.16. The first-order valence-electron chi connectivity index (χ1n) is 11.3. The quantitative estimate of drug-likeness (QED) is 0.444. The van der Waals surface area contributed by atoms with E-state index in [4.69, 9.17) is 4.98 Å². The molecule has 1 aliphatic heterocycles. The average Bonchev–Trinajstić information content (AvgIpc) is 3.44. The van der Waals surface area contributed by atoms with E-state index in [0.29, 0.717) is 18.0 Å². The largest absolute Gasteiger partial charge is 0.302 e. The van der Waals surface area contributed by atoms with E-state index in [1.165, 1.54) is 50.4 Å². The fraction of sp³-hybridized carbons (Fsp3) is 0.280. The minimum atomic E-state index is -3.92. The van der Waals surface area contributed by atoms with Crippen molar-refractivity contribution in [3.05, 3.63) is 65.5 Å². The fourth-order valence-electron chi connectivity index (χ4n) is 5.12. The van der Waals surface area contributed by atoms with Crippen molar-refractivity contribution in [3.8, 4) is 0 Å². The number of hydrogen-bond donors (Lipinski definition) is 1. The van der Waals surface area contributed by atoms with E-state index in [2.05, 4.69) is 29.6 Å². The summed E-state index contributed by atoms with van der Waals surface area (Å²) in [6.07, 6.45) is 2.83. The molecule has 0 saturated carbocycles. The normalized spacial score (nSPS) is 17.0. The highest BCUT2D eigenvalue weighted by Gasteiger charge is 2.33. The lowest BCUT2D eigenvalue weighted by atomic mass is 9.97. The van der Waals surface area contributed by atoms with Crippen LogP contribution in [0, 0.1) is 11.7 Å². The minimum absolute atomic E-state index is 0.153. The van der Waals surface area contributed by atoms with Gasteiger partial charge in [-0.3, -0.25) is 4.79 Å². The Labute approximate surface area is 200 Å². The Morgan fingerprint density at radius 1 is 1.06 bits per heavy atom. The first kappa shape index (κ1) is 21.6. The first-order chi connectivity index (χ1) is 16.4. The Bertz CT molecular complexity index is 1560. The number of thiazole rings is 1. The monoisotopic (exact) mass is 495 g/mol. The van der Waals surface area contributed by atoms with Crippen molar-refractivity contribution in [1.82, 2.24) is 9.29 Å². The maximum atomic E-state index is 14.0. The number of hydrogen-bond acceptors (Lipinski definition) is 5. The van der Waals surface area contributed by atoms with E-state index in [1.54, 1.807) is 0 Å². The number of fused-ring (bicyclic) bond motifs is 2. The molecule has 1 aromatic heterocycles. The van der Waals surface area contributed by atoms with E-state index in [1.807, 2.05) is 0 Å². The van der Waals surface area contributed by atoms with Gasteiger partial charge in [0.05, 0.1) is 10.2 Å². The van der Waals surface area contributed by atoms with E-state index >= 15 is 0 Å². The molecule has 1 fully saturated rings. The molecule has 3 aromatic carbocycles. The Hall–Kier alpha value is -2.88. The third-order valence-electron chi connectivity index (χ3n) is 6.86. The van der Waals surface area contributed by atoms with Gasteiger partial charge in [-0.15, -0.1) is 0 Å².